The molecule has 8 N–H and O–H groups in total. The van der Waals surface area contributed by atoms with E-state index >= 15 is 0 Å². The second-order valence-corrected chi connectivity index (χ2v) is 6.72. The second kappa shape index (κ2) is 19.7. The van der Waals surface area contributed by atoms with Gasteiger partial charge < -0.3 is 37.6 Å². The first-order valence-electron chi connectivity index (χ1n) is 10.1. The lowest BCUT2D eigenvalue weighted by molar-refractivity contribution is -0.123. The van der Waals surface area contributed by atoms with Crippen molar-refractivity contribution in [2.24, 2.45) is 16.7 Å². The molecule has 0 aliphatic carbocycles. The monoisotopic (exact) mass is 401 g/mol. The topological polar surface area (TPSA) is 156 Å². The van der Waals surface area contributed by atoms with Crippen molar-refractivity contribution in [3.8, 4) is 0 Å². The number of nitrogens with one attached hydrogen (secondary N) is 4. The zero-order valence-corrected chi connectivity index (χ0v) is 17.2. The van der Waals surface area contributed by atoms with E-state index in [2.05, 4.69) is 26.4 Å². The Balaban J connectivity index is 3.36. The molecule has 2 amide bonds. The summed E-state index contributed by atoms with van der Waals surface area (Å²) in [5, 5.41) is 15.0. The van der Waals surface area contributed by atoms with E-state index in [0.29, 0.717) is 13.1 Å². The number of hydrazone groups is 1. The van der Waals surface area contributed by atoms with Crippen LogP contribution in [0.25, 0.3) is 0 Å². The third-order valence-electron chi connectivity index (χ3n) is 3.90. The maximum absolute atomic E-state index is 11.6. The molecule has 0 aromatic rings. The van der Waals surface area contributed by atoms with Crippen LogP contribution in [0.3, 0.4) is 0 Å². The highest BCUT2D eigenvalue weighted by atomic mass is 16.6. The van der Waals surface area contributed by atoms with Crippen LogP contribution >= 0.6 is 0 Å². The predicted octanol–water partition coefficient (Wildman–Crippen LogP) is -0.0121. The molecule has 10 nitrogen and oxygen atoms in total. The third-order valence-corrected chi connectivity index (χ3v) is 3.90. The van der Waals surface area contributed by atoms with E-state index < -0.39 is 6.09 Å². The molecule has 0 aromatic heterocycles. The standard InChI is InChI=1S/C18H39N7O3/c1-16(19)8-13-21-9-6-7-12-24-18(27)28-14-17(26)23-11-5-3-2-4-10-22-15-25-20/h15-16,21H,2-14,19-20H2,1H3,(H,22,25)(H,23,26)(H,24,27). The molecule has 10 heteroatoms. The molecule has 0 saturated heterocycles. The Labute approximate surface area is 168 Å². The number of amides is 2. The molecule has 0 aliphatic rings. The number of carbonyl (C=O) groups excluding carboxylic acids is 2. The molecule has 0 heterocycles. The minimum atomic E-state index is -0.561. The fourth-order valence-electron chi connectivity index (χ4n) is 2.30. The van der Waals surface area contributed by atoms with Crippen LogP contribution in [0.15, 0.2) is 5.10 Å². The van der Waals surface area contributed by atoms with E-state index in [-0.39, 0.29) is 18.6 Å². The van der Waals surface area contributed by atoms with Gasteiger partial charge in [-0.2, -0.15) is 5.10 Å². The van der Waals surface area contributed by atoms with Gasteiger partial charge in [0.15, 0.2) is 6.61 Å². The van der Waals surface area contributed by atoms with Crippen LogP contribution in [0, 0.1) is 0 Å². The summed E-state index contributed by atoms with van der Waals surface area (Å²) in [6, 6.07) is 0.214. The van der Waals surface area contributed by atoms with Gasteiger partial charge in [-0.1, -0.05) is 12.8 Å². The number of ether oxygens (including phenoxy) is 1. The van der Waals surface area contributed by atoms with Crippen molar-refractivity contribution >= 4 is 18.3 Å². The SMILES string of the molecule is CC(N)CCNCCCCNC(=O)OCC(=O)NCCCCCCNC=NN. The Hall–Kier alpha value is -2.07. The number of carbonyl (C=O) groups is 2. The maximum atomic E-state index is 11.6. The summed E-state index contributed by atoms with van der Waals surface area (Å²) in [5.41, 5.74) is 5.66. The molecule has 0 bridgehead atoms. The number of alkyl carbamates (subject to hydrolysis) is 1. The highest BCUT2D eigenvalue weighted by molar-refractivity contribution is 5.79. The largest absolute Gasteiger partial charge is 0.439 e. The van der Waals surface area contributed by atoms with Gasteiger partial charge in [-0.3, -0.25) is 4.79 Å². The van der Waals surface area contributed by atoms with Crippen molar-refractivity contribution < 1.29 is 14.3 Å². The number of hydrogen-bond acceptors (Lipinski definition) is 7. The highest BCUT2D eigenvalue weighted by Gasteiger charge is 2.06. The van der Waals surface area contributed by atoms with Gasteiger partial charge in [0.05, 0.1) is 0 Å². The van der Waals surface area contributed by atoms with Gasteiger partial charge in [0.25, 0.3) is 5.91 Å². The smallest absolute Gasteiger partial charge is 0.407 e. The summed E-state index contributed by atoms with van der Waals surface area (Å²) in [6.07, 6.45) is 7.65. The van der Waals surface area contributed by atoms with Crippen LogP contribution in [0.2, 0.25) is 0 Å². The Morgan fingerprint density at radius 1 is 0.964 bits per heavy atom. The average Bonchev–Trinajstić information content (AvgIpc) is 2.66. The molecular weight excluding hydrogens is 362 g/mol. The second-order valence-electron chi connectivity index (χ2n) is 6.72. The Morgan fingerprint density at radius 3 is 2.32 bits per heavy atom. The molecule has 0 radical (unpaired) electrons. The predicted molar refractivity (Wildman–Crippen MR) is 112 cm³/mol. The first-order valence-corrected chi connectivity index (χ1v) is 10.1. The first kappa shape index (κ1) is 25.9. The quantitative estimate of drug-likeness (QED) is 0.0620. The maximum Gasteiger partial charge on any atom is 0.407 e. The van der Waals surface area contributed by atoms with Gasteiger partial charge >= 0.3 is 6.09 Å². The molecule has 0 aromatic carbocycles. The van der Waals surface area contributed by atoms with Crippen LogP contribution in [0.5, 0.6) is 0 Å². The van der Waals surface area contributed by atoms with Crippen LogP contribution in [0.4, 0.5) is 4.79 Å². The third kappa shape index (κ3) is 20.2. The fraction of sp³-hybridized carbons (Fsp3) is 0.833. The summed E-state index contributed by atoms with van der Waals surface area (Å²) >= 11 is 0. The minimum Gasteiger partial charge on any atom is -0.439 e. The number of rotatable bonds is 18. The van der Waals surface area contributed by atoms with Gasteiger partial charge in [0.2, 0.25) is 0 Å². The summed E-state index contributed by atoms with van der Waals surface area (Å²) in [4.78, 5) is 23.1. The van der Waals surface area contributed by atoms with Crippen molar-refractivity contribution in [3.63, 3.8) is 0 Å². The molecule has 0 aliphatic heterocycles. The van der Waals surface area contributed by atoms with Crippen LogP contribution in [-0.2, 0) is 9.53 Å². The van der Waals surface area contributed by atoms with Crippen molar-refractivity contribution in [1.82, 2.24) is 21.3 Å². The van der Waals surface area contributed by atoms with Gasteiger partial charge in [0, 0.05) is 25.7 Å². The van der Waals surface area contributed by atoms with Crippen LogP contribution in [0.1, 0.15) is 51.9 Å². The van der Waals surface area contributed by atoms with Gasteiger partial charge in [-0.25, -0.2) is 4.79 Å². The van der Waals surface area contributed by atoms with Gasteiger partial charge in [0.1, 0.15) is 6.34 Å². The van der Waals surface area contributed by atoms with Crippen molar-refractivity contribution in [2.75, 3.05) is 39.3 Å². The number of unbranched alkanes of at least 4 members (excludes halogenated alkanes) is 4. The van der Waals surface area contributed by atoms with Crippen molar-refractivity contribution in [3.05, 3.63) is 0 Å². The lowest BCUT2D eigenvalue weighted by Gasteiger charge is -2.09. The molecule has 0 saturated carbocycles. The molecule has 0 fully saturated rings. The molecule has 1 atom stereocenters. The van der Waals surface area contributed by atoms with Crippen molar-refractivity contribution in [1.29, 1.82) is 0 Å². The number of nitrogens with zero attached hydrogens (tertiary/aromatic N) is 1. The molecule has 1 unspecified atom stereocenters. The van der Waals surface area contributed by atoms with Gasteiger partial charge in [-0.15, -0.1) is 0 Å². The summed E-state index contributed by atoms with van der Waals surface area (Å²) in [6.45, 7) is 5.47. The normalized spacial score (nSPS) is 11.9. The molecule has 28 heavy (non-hydrogen) atoms. The highest BCUT2D eigenvalue weighted by Crippen LogP contribution is 1.97. The Kier molecular flexibility index (Phi) is 18.2. The van der Waals surface area contributed by atoms with Crippen molar-refractivity contribution in [2.45, 2.75) is 57.9 Å². The fourth-order valence-corrected chi connectivity index (χ4v) is 2.30. The summed E-state index contributed by atoms with van der Waals surface area (Å²) in [5.74, 6) is 4.68. The number of hydrogen-bond donors (Lipinski definition) is 6. The number of nitrogens with two attached hydrogens (primary N) is 2. The molecule has 164 valence electrons. The molecule has 0 spiro atoms. The summed E-state index contributed by atoms with van der Waals surface area (Å²) < 4.78 is 4.89. The van der Waals surface area contributed by atoms with Gasteiger partial charge in [-0.05, 0) is 52.1 Å². The Morgan fingerprint density at radius 2 is 1.61 bits per heavy atom. The van der Waals surface area contributed by atoms with E-state index in [1.165, 1.54) is 6.34 Å². The zero-order valence-electron chi connectivity index (χ0n) is 17.2. The lowest BCUT2D eigenvalue weighted by atomic mass is 10.2. The Bertz CT molecular complexity index is 420. The lowest BCUT2D eigenvalue weighted by Crippen LogP contribution is -2.33. The molecular formula is C18H39N7O3. The minimum absolute atomic E-state index is 0.214. The average molecular weight is 402 g/mol. The van der Waals surface area contributed by atoms with E-state index in [9.17, 15) is 9.59 Å². The first-order chi connectivity index (χ1) is 13.6. The van der Waals surface area contributed by atoms with E-state index in [0.717, 1.165) is 64.6 Å². The van der Waals surface area contributed by atoms with E-state index in [4.69, 9.17) is 16.3 Å². The van der Waals surface area contributed by atoms with E-state index in [1.807, 2.05) is 6.92 Å². The van der Waals surface area contributed by atoms with Crippen LogP contribution < -0.4 is 32.8 Å². The summed E-state index contributed by atoms with van der Waals surface area (Å²) in [7, 11) is 0. The zero-order chi connectivity index (χ0) is 20.9. The molecule has 0 rings (SSSR count). The van der Waals surface area contributed by atoms with Crippen LogP contribution in [-0.4, -0.2) is 63.7 Å². The van der Waals surface area contributed by atoms with E-state index in [1.54, 1.807) is 0 Å².